The van der Waals surface area contributed by atoms with E-state index in [-0.39, 0.29) is 0 Å². The minimum atomic E-state index is -0.542. The molecule has 0 aromatic heterocycles. The van der Waals surface area contributed by atoms with Crippen LogP contribution in [0.5, 0.6) is 0 Å². The number of aliphatic imine (C=N–C) groups is 1. The third-order valence-corrected chi connectivity index (χ3v) is 3.89. The van der Waals surface area contributed by atoms with Crippen molar-refractivity contribution in [2.45, 2.75) is 47.1 Å². The molecule has 2 rings (SSSR count). The Kier molecular flexibility index (Phi) is 5.40. The van der Waals surface area contributed by atoms with Gasteiger partial charge in [0.05, 0.1) is 11.4 Å². The lowest BCUT2D eigenvalue weighted by atomic mass is 9.99. The van der Waals surface area contributed by atoms with Gasteiger partial charge in [-0.2, -0.15) is 0 Å². The van der Waals surface area contributed by atoms with Crippen molar-refractivity contribution in [3.63, 3.8) is 0 Å². The van der Waals surface area contributed by atoms with Crippen LogP contribution in [0.15, 0.2) is 52.7 Å². The monoisotopic (exact) mass is 353 g/mol. The molecule has 0 aliphatic heterocycles. The van der Waals surface area contributed by atoms with Crippen molar-refractivity contribution in [3.8, 4) is 0 Å². The normalized spacial score (nSPS) is 16.2. The Hall–Kier alpha value is -2.82. The molecule has 138 valence electrons. The third-order valence-electron chi connectivity index (χ3n) is 3.89. The molecule has 1 aliphatic carbocycles. The summed E-state index contributed by atoms with van der Waals surface area (Å²) in [5.74, 6) is 0. The van der Waals surface area contributed by atoms with Crippen LogP contribution in [0, 0.1) is 13.8 Å². The molecule has 1 amide bonds. The van der Waals surface area contributed by atoms with Crippen LogP contribution >= 0.6 is 0 Å². The first-order valence-corrected chi connectivity index (χ1v) is 8.51. The van der Waals surface area contributed by atoms with Crippen LogP contribution in [-0.4, -0.2) is 17.4 Å². The second-order valence-corrected chi connectivity index (χ2v) is 7.53. The molecule has 3 N–H and O–H groups in total. The molecule has 26 heavy (non-hydrogen) atoms. The maximum Gasteiger partial charge on any atom is 0.412 e. The number of allylic oxidation sites excluding steroid dienone is 4. The zero-order valence-electron chi connectivity index (χ0n) is 16.4. The first kappa shape index (κ1) is 19.5. The number of ether oxygens (including phenoxy) is 1. The largest absolute Gasteiger partial charge is 0.444 e. The summed E-state index contributed by atoms with van der Waals surface area (Å²) in [6.07, 6.45) is 3.28. The van der Waals surface area contributed by atoms with Gasteiger partial charge in [-0.1, -0.05) is 6.58 Å². The molecule has 0 atom stereocenters. The van der Waals surface area contributed by atoms with E-state index in [0.29, 0.717) is 11.4 Å². The molecule has 0 bridgehead atoms. The summed E-state index contributed by atoms with van der Waals surface area (Å²) in [6, 6.07) is 3.83. The molecule has 0 fully saturated rings. The van der Waals surface area contributed by atoms with Gasteiger partial charge < -0.3 is 10.5 Å². The van der Waals surface area contributed by atoms with E-state index < -0.39 is 11.7 Å². The van der Waals surface area contributed by atoms with Gasteiger partial charge in [-0.3, -0.25) is 5.32 Å². The lowest BCUT2D eigenvalue weighted by molar-refractivity contribution is 0.0636. The highest BCUT2D eigenvalue weighted by Crippen LogP contribution is 2.29. The van der Waals surface area contributed by atoms with Crippen molar-refractivity contribution < 1.29 is 9.53 Å². The van der Waals surface area contributed by atoms with Crippen LogP contribution in [-0.2, 0) is 4.74 Å². The smallest absolute Gasteiger partial charge is 0.412 e. The number of aryl methyl sites for hydroxylation is 2. The van der Waals surface area contributed by atoms with Crippen LogP contribution in [0.3, 0.4) is 0 Å². The van der Waals surface area contributed by atoms with Crippen LogP contribution in [0.25, 0.3) is 0 Å². The fraction of sp³-hybridized carbons (Fsp3) is 0.333. The highest BCUT2D eigenvalue weighted by molar-refractivity contribution is 6.13. The number of carbonyl (C=O) groups is 1. The molecule has 5 heteroatoms. The Morgan fingerprint density at radius 1 is 1.15 bits per heavy atom. The van der Waals surface area contributed by atoms with Crippen molar-refractivity contribution in [2.75, 3.05) is 5.32 Å². The Balaban J connectivity index is 2.29. The second kappa shape index (κ2) is 7.20. The number of hydrogen-bond donors (Lipinski definition) is 2. The molecular weight excluding hydrogens is 326 g/mol. The van der Waals surface area contributed by atoms with Gasteiger partial charge in [0.1, 0.15) is 5.60 Å². The van der Waals surface area contributed by atoms with E-state index in [9.17, 15) is 4.79 Å². The first-order valence-electron chi connectivity index (χ1n) is 8.51. The number of benzene rings is 1. The maximum atomic E-state index is 12.0. The lowest BCUT2D eigenvalue weighted by Crippen LogP contribution is -2.27. The number of nitrogens with two attached hydrogens (primary N) is 1. The Morgan fingerprint density at radius 3 is 2.42 bits per heavy atom. The minimum absolute atomic E-state index is 0.473. The van der Waals surface area contributed by atoms with Gasteiger partial charge in [-0.05, 0) is 88.1 Å². The molecular formula is C21H27N3O2. The van der Waals surface area contributed by atoms with Gasteiger partial charge in [-0.25, -0.2) is 9.79 Å². The zero-order valence-corrected chi connectivity index (χ0v) is 16.4. The van der Waals surface area contributed by atoms with Crippen LogP contribution in [0.2, 0.25) is 0 Å². The van der Waals surface area contributed by atoms with Crippen molar-refractivity contribution in [1.29, 1.82) is 0 Å². The molecule has 0 heterocycles. The molecule has 5 nitrogen and oxygen atoms in total. The fourth-order valence-corrected chi connectivity index (χ4v) is 2.46. The average Bonchev–Trinajstić information content (AvgIpc) is 2.47. The number of rotatable bonds is 2. The molecule has 0 spiro atoms. The molecule has 1 aromatic rings. The highest BCUT2D eigenvalue weighted by atomic mass is 16.6. The van der Waals surface area contributed by atoms with E-state index in [1.165, 1.54) is 0 Å². The lowest BCUT2D eigenvalue weighted by Gasteiger charge is -2.20. The van der Waals surface area contributed by atoms with Gasteiger partial charge in [0, 0.05) is 11.4 Å². The number of hydrogen-bond acceptors (Lipinski definition) is 4. The Bertz CT molecular complexity index is 853. The van der Waals surface area contributed by atoms with Gasteiger partial charge >= 0.3 is 6.09 Å². The molecule has 0 unspecified atom stereocenters. The summed E-state index contributed by atoms with van der Waals surface area (Å²) in [4.78, 5) is 16.7. The average molecular weight is 353 g/mol. The van der Waals surface area contributed by atoms with Crippen molar-refractivity contribution in [2.24, 2.45) is 10.7 Å². The van der Waals surface area contributed by atoms with E-state index in [2.05, 4.69) is 11.9 Å². The van der Waals surface area contributed by atoms with Gasteiger partial charge in [0.2, 0.25) is 0 Å². The van der Waals surface area contributed by atoms with E-state index in [1.807, 2.05) is 65.8 Å². The fourth-order valence-electron chi connectivity index (χ4n) is 2.46. The molecule has 0 radical (unpaired) electrons. The number of carbonyl (C=O) groups excluding carboxylic acids is 1. The minimum Gasteiger partial charge on any atom is -0.444 e. The number of nitrogens with zero attached hydrogens (tertiary/aromatic N) is 1. The summed E-state index contributed by atoms with van der Waals surface area (Å²) in [7, 11) is 0. The summed E-state index contributed by atoms with van der Waals surface area (Å²) in [6.45, 7) is 15.3. The quantitative estimate of drug-likeness (QED) is 0.778. The molecule has 1 aliphatic rings. The van der Waals surface area contributed by atoms with Crippen LogP contribution in [0.1, 0.15) is 38.8 Å². The van der Waals surface area contributed by atoms with E-state index in [1.54, 1.807) is 0 Å². The van der Waals surface area contributed by atoms with Gasteiger partial charge in [0.15, 0.2) is 0 Å². The first-order chi connectivity index (χ1) is 12.0. The van der Waals surface area contributed by atoms with E-state index in [0.717, 1.165) is 33.7 Å². The number of amides is 1. The predicted octanol–water partition coefficient (Wildman–Crippen LogP) is 5.08. The van der Waals surface area contributed by atoms with E-state index in [4.69, 9.17) is 15.5 Å². The van der Waals surface area contributed by atoms with Gasteiger partial charge in [-0.15, -0.1) is 0 Å². The van der Waals surface area contributed by atoms with Crippen molar-refractivity contribution in [3.05, 3.63) is 58.8 Å². The Morgan fingerprint density at radius 2 is 1.81 bits per heavy atom. The molecule has 0 saturated carbocycles. The van der Waals surface area contributed by atoms with Gasteiger partial charge in [0.25, 0.3) is 0 Å². The SMILES string of the molecule is C=C1C=C(N)C(C)=C/C1=N/c1cc(C)c(NC(=O)OC(C)(C)C)cc1C. The van der Waals surface area contributed by atoms with Crippen molar-refractivity contribution in [1.82, 2.24) is 0 Å². The number of nitrogens with one attached hydrogen (secondary N) is 1. The van der Waals surface area contributed by atoms with Crippen LogP contribution < -0.4 is 11.1 Å². The summed E-state index contributed by atoms with van der Waals surface area (Å²) in [5.41, 5.74) is 12.0. The number of anilines is 1. The zero-order chi connectivity index (χ0) is 19.6. The molecule has 1 aromatic carbocycles. The third kappa shape index (κ3) is 4.85. The predicted molar refractivity (Wildman–Crippen MR) is 108 cm³/mol. The summed E-state index contributed by atoms with van der Waals surface area (Å²) in [5, 5.41) is 2.79. The van der Waals surface area contributed by atoms with Crippen molar-refractivity contribution >= 4 is 23.2 Å². The summed E-state index contributed by atoms with van der Waals surface area (Å²) >= 11 is 0. The van der Waals surface area contributed by atoms with Crippen LogP contribution in [0.4, 0.5) is 16.2 Å². The summed E-state index contributed by atoms with van der Waals surface area (Å²) < 4.78 is 5.31. The van der Waals surface area contributed by atoms with E-state index >= 15 is 0 Å². The highest BCUT2D eigenvalue weighted by Gasteiger charge is 2.17. The molecule has 0 saturated heterocycles. The Labute approximate surface area is 155 Å². The standard InChI is InChI=1S/C21H27N3O2/c1-12-9-17(13(2)8-16(12)22)23-18-10-15(4)19(11-14(18)3)24-20(25)26-21(5,6)7/h8-11H,2,22H2,1,3-7H3,(H,24,25)/b23-17-. The topological polar surface area (TPSA) is 76.7 Å². The maximum absolute atomic E-state index is 12.0. The second-order valence-electron chi connectivity index (χ2n) is 7.53.